The number of rotatable bonds is 8. The highest BCUT2D eigenvalue weighted by molar-refractivity contribution is 5.94. The summed E-state index contributed by atoms with van der Waals surface area (Å²) < 4.78 is 5.57. The second-order valence-corrected chi connectivity index (χ2v) is 6.53. The molecule has 0 aliphatic carbocycles. The normalized spacial score (nSPS) is 18.4. The van der Waals surface area contributed by atoms with Gasteiger partial charge >= 0.3 is 0 Å². The number of nitrogens with two attached hydrogens (primary N) is 1. The Labute approximate surface area is 173 Å². The minimum absolute atomic E-state index is 0. The van der Waals surface area contributed by atoms with E-state index in [0.29, 0.717) is 31.6 Å². The van der Waals surface area contributed by atoms with Crippen LogP contribution in [0.2, 0.25) is 0 Å². The highest BCUT2D eigenvalue weighted by Gasteiger charge is 2.29. The molecule has 1 aliphatic heterocycles. The zero-order valence-electron chi connectivity index (χ0n) is 15.8. The molecule has 27 heavy (non-hydrogen) atoms. The van der Waals surface area contributed by atoms with E-state index < -0.39 is 6.10 Å². The first-order valence-corrected chi connectivity index (χ1v) is 8.64. The van der Waals surface area contributed by atoms with Crippen LogP contribution in [0.1, 0.15) is 28.8 Å². The van der Waals surface area contributed by atoms with Gasteiger partial charge in [-0.15, -0.1) is 24.8 Å². The summed E-state index contributed by atoms with van der Waals surface area (Å²) in [5, 5.41) is 5.74. The molecule has 1 aliphatic rings. The van der Waals surface area contributed by atoms with Crippen LogP contribution < -0.4 is 16.4 Å². The number of amides is 2. The third-order valence-electron chi connectivity index (χ3n) is 4.19. The van der Waals surface area contributed by atoms with Crippen molar-refractivity contribution in [2.75, 3.05) is 33.7 Å². The second kappa shape index (κ2) is 12.9. The van der Waals surface area contributed by atoms with Crippen molar-refractivity contribution >= 4 is 36.6 Å². The van der Waals surface area contributed by atoms with Crippen molar-refractivity contribution in [2.45, 2.75) is 31.6 Å². The fourth-order valence-corrected chi connectivity index (χ4v) is 2.64. The Kier molecular flexibility index (Phi) is 12.2. The molecule has 0 bridgehead atoms. The predicted molar refractivity (Wildman–Crippen MR) is 111 cm³/mol. The SMILES string of the molecule is CN(C)CCNC(=O)c1ccc(CNC(=O)[C@@H]2CC[C@H](CN)O2)cc1.Cl.Cl. The molecule has 1 aromatic rings. The average molecular weight is 421 g/mol. The zero-order valence-corrected chi connectivity index (χ0v) is 17.4. The van der Waals surface area contributed by atoms with Gasteiger partial charge in [-0.2, -0.15) is 0 Å². The number of nitrogens with one attached hydrogen (secondary N) is 2. The Morgan fingerprint density at radius 1 is 1.15 bits per heavy atom. The summed E-state index contributed by atoms with van der Waals surface area (Å²) in [4.78, 5) is 26.1. The highest BCUT2D eigenvalue weighted by Crippen LogP contribution is 2.19. The maximum atomic E-state index is 12.1. The van der Waals surface area contributed by atoms with Crippen LogP contribution >= 0.6 is 24.8 Å². The molecule has 154 valence electrons. The molecule has 0 saturated carbocycles. The third kappa shape index (κ3) is 8.45. The lowest BCUT2D eigenvalue weighted by Crippen LogP contribution is -2.35. The average Bonchev–Trinajstić information content (AvgIpc) is 3.09. The van der Waals surface area contributed by atoms with Gasteiger partial charge in [0.05, 0.1) is 6.10 Å². The van der Waals surface area contributed by atoms with E-state index in [0.717, 1.165) is 18.5 Å². The number of benzene rings is 1. The maximum Gasteiger partial charge on any atom is 0.251 e. The van der Waals surface area contributed by atoms with Crippen LogP contribution in [0.4, 0.5) is 0 Å². The lowest BCUT2D eigenvalue weighted by atomic mass is 10.1. The van der Waals surface area contributed by atoms with E-state index in [-0.39, 0.29) is 42.7 Å². The highest BCUT2D eigenvalue weighted by atomic mass is 35.5. The molecule has 1 saturated heterocycles. The van der Waals surface area contributed by atoms with Gasteiger partial charge in [0.1, 0.15) is 6.10 Å². The van der Waals surface area contributed by atoms with Crippen molar-refractivity contribution in [1.29, 1.82) is 0 Å². The van der Waals surface area contributed by atoms with Crippen LogP contribution in [0.3, 0.4) is 0 Å². The molecule has 0 aromatic heterocycles. The molecule has 4 N–H and O–H groups in total. The molecule has 9 heteroatoms. The fourth-order valence-electron chi connectivity index (χ4n) is 2.64. The predicted octanol–water partition coefficient (Wildman–Crippen LogP) is 0.944. The first-order chi connectivity index (χ1) is 12.0. The van der Waals surface area contributed by atoms with Gasteiger partial charge in [0, 0.05) is 31.7 Å². The molecule has 0 spiro atoms. The molecule has 1 heterocycles. The van der Waals surface area contributed by atoms with E-state index in [9.17, 15) is 9.59 Å². The molecule has 0 radical (unpaired) electrons. The van der Waals surface area contributed by atoms with Crippen molar-refractivity contribution in [2.24, 2.45) is 5.73 Å². The van der Waals surface area contributed by atoms with E-state index in [1.54, 1.807) is 12.1 Å². The molecular formula is C18H30Cl2N4O3. The Morgan fingerprint density at radius 3 is 2.37 bits per heavy atom. The second-order valence-electron chi connectivity index (χ2n) is 6.53. The van der Waals surface area contributed by atoms with E-state index in [2.05, 4.69) is 10.6 Å². The van der Waals surface area contributed by atoms with Crippen LogP contribution in [-0.4, -0.2) is 62.7 Å². The van der Waals surface area contributed by atoms with Gasteiger partial charge < -0.3 is 26.0 Å². The van der Waals surface area contributed by atoms with Crippen molar-refractivity contribution < 1.29 is 14.3 Å². The van der Waals surface area contributed by atoms with Crippen LogP contribution in [-0.2, 0) is 16.1 Å². The van der Waals surface area contributed by atoms with E-state index in [4.69, 9.17) is 10.5 Å². The van der Waals surface area contributed by atoms with Gasteiger partial charge in [-0.1, -0.05) is 12.1 Å². The van der Waals surface area contributed by atoms with Gasteiger partial charge in [-0.3, -0.25) is 9.59 Å². The lowest BCUT2D eigenvalue weighted by Gasteiger charge is -2.13. The minimum Gasteiger partial charge on any atom is -0.364 e. The molecular weight excluding hydrogens is 391 g/mol. The smallest absolute Gasteiger partial charge is 0.251 e. The van der Waals surface area contributed by atoms with Crippen LogP contribution in [0, 0.1) is 0 Å². The first kappa shape index (κ1) is 25.6. The summed E-state index contributed by atoms with van der Waals surface area (Å²) in [6.07, 6.45) is 1.11. The fraction of sp³-hybridized carbons (Fsp3) is 0.556. The van der Waals surface area contributed by atoms with E-state index in [1.165, 1.54) is 0 Å². The quantitative estimate of drug-likeness (QED) is 0.581. The van der Waals surface area contributed by atoms with Gasteiger partial charge in [-0.25, -0.2) is 0 Å². The third-order valence-corrected chi connectivity index (χ3v) is 4.19. The van der Waals surface area contributed by atoms with Gasteiger partial charge in [0.2, 0.25) is 5.91 Å². The topological polar surface area (TPSA) is 96.7 Å². The summed E-state index contributed by atoms with van der Waals surface area (Å²) in [5.74, 6) is -0.203. The summed E-state index contributed by atoms with van der Waals surface area (Å²) in [5.41, 5.74) is 7.10. The Bertz CT molecular complexity index is 584. The van der Waals surface area contributed by atoms with Crippen molar-refractivity contribution in [3.63, 3.8) is 0 Å². The summed E-state index contributed by atoms with van der Waals surface area (Å²) in [6, 6.07) is 7.23. The number of ether oxygens (including phenoxy) is 1. The summed E-state index contributed by atoms with van der Waals surface area (Å²) >= 11 is 0. The van der Waals surface area contributed by atoms with Crippen LogP contribution in [0.5, 0.6) is 0 Å². The standard InChI is InChI=1S/C18H28N4O3.2ClH/c1-22(2)10-9-20-17(23)14-5-3-13(4-6-14)12-21-18(24)16-8-7-15(11-19)25-16;;/h3-6,15-16H,7-12,19H2,1-2H3,(H,20,23)(H,21,24);2*1H/t15-,16+;;/m1../s1. The number of halogens is 2. The van der Waals surface area contributed by atoms with Crippen molar-refractivity contribution in [3.8, 4) is 0 Å². The summed E-state index contributed by atoms with van der Waals surface area (Å²) in [7, 11) is 3.92. The summed E-state index contributed by atoms with van der Waals surface area (Å²) in [6.45, 7) is 2.26. The number of nitrogens with zero attached hydrogens (tertiary/aromatic N) is 1. The number of carbonyl (C=O) groups is 2. The number of hydrogen-bond donors (Lipinski definition) is 3. The van der Waals surface area contributed by atoms with Crippen molar-refractivity contribution in [1.82, 2.24) is 15.5 Å². The Morgan fingerprint density at radius 2 is 1.81 bits per heavy atom. The molecule has 0 unspecified atom stereocenters. The van der Waals surface area contributed by atoms with E-state index >= 15 is 0 Å². The monoisotopic (exact) mass is 420 g/mol. The Hall–Kier alpha value is -1.38. The lowest BCUT2D eigenvalue weighted by molar-refractivity contribution is -0.132. The number of carbonyl (C=O) groups excluding carboxylic acids is 2. The van der Waals surface area contributed by atoms with Gasteiger partial charge in [0.15, 0.2) is 0 Å². The Balaban J connectivity index is 0.00000338. The molecule has 2 rings (SSSR count). The minimum atomic E-state index is -0.407. The first-order valence-electron chi connectivity index (χ1n) is 8.64. The van der Waals surface area contributed by atoms with Gasteiger partial charge in [-0.05, 0) is 44.6 Å². The number of likely N-dealkylation sites (N-methyl/N-ethyl adjacent to an activating group) is 1. The van der Waals surface area contributed by atoms with Crippen LogP contribution in [0.15, 0.2) is 24.3 Å². The molecule has 7 nitrogen and oxygen atoms in total. The van der Waals surface area contributed by atoms with Gasteiger partial charge in [0.25, 0.3) is 5.91 Å². The van der Waals surface area contributed by atoms with Crippen molar-refractivity contribution in [3.05, 3.63) is 35.4 Å². The largest absolute Gasteiger partial charge is 0.364 e. The zero-order chi connectivity index (χ0) is 18.2. The number of hydrogen-bond acceptors (Lipinski definition) is 5. The molecule has 1 aromatic carbocycles. The molecule has 2 amide bonds. The molecule has 2 atom stereocenters. The maximum absolute atomic E-state index is 12.1. The van der Waals surface area contributed by atoms with Crippen LogP contribution in [0.25, 0.3) is 0 Å². The van der Waals surface area contributed by atoms with E-state index in [1.807, 2.05) is 31.1 Å². The molecule has 1 fully saturated rings.